The smallest absolute Gasteiger partial charge is 0.164 e. The predicted octanol–water partition coefficient (Wildman–Crippen LogP) is 30.0. The summed E-state index contributed by atoms with van der Waals surface area (Å²) in [5.74, 6) is 1.84. The minimum Gasteiger partial charge on any atom is -0.208 e. The molecule has 5 heteroatoms. The highest BCUT2D eigenvalue weighted by molar-refractivity contribution is 7.26. The van der Waals surface area contributed by atoms with Gasteiger partial charge in [-0.2, -0.15) is 0 Å². The summed E-state index contributed by atoms with van der Waals surface area (Å²) in [6.07, 6.45) is 0. The van der Waals surface area contributed by atoms with Gasteiger partial charge in [-0.3, -0.25) is 0 Å². The molecular formula is C113H71N3S2. The summed E-state index contributed by atoms with van der Waals surface area (Å²) in [7, 11) is 0. The Hall–Kier alpha value is -14.6. The molecule has 0 spiro atoms. The molecule has 2 aliphatic rings. The average molecular weight is 1530 g/mol. The predicted molar refractivity (Wildman–Crippen MR) is 495 cm³/mol. The number of hydrogen-bond acceptors (Lipinski definition) is 5. The van der Waals surface area contributed by atoms with Gasteiger partial charge < -0.3 is 0 Å². The average Bonchev–Trinajstić information content (AvgIpc) is 1.53. The first-order valence-corrected chi connectivity index (χ1v) is 42.0. The fourth-order valence-electron chi connectivity index (χ4n) is 19.2. The normalized spacial score (nSPS) is 13.7. The van der Waals surface area contributed by atoms with Crippen LogP contribution in [0.2, 0.25) is 0 Å². The zero-order valence-electron chi connectivity index (χ0n) is 64.2. The highest BCUT2D eigenvalue weighted by atomic mass is 32.1. The van der Waals surface area contributed by atoms with Gasteiger partial charge in [-0.1, -0.05) is 340 Å². The largest absolute Gasteiger partial charge is 0.208 e. The molecule has 0 N–H and O–H groups in total. The summed E-state index contributed by atoms with van der Waals surface area (Å²) in [5.41, 5.74) is 33.0. The number of rotatable bonds is 14. The van der Waals surface area contributed by atoms with E-state index in [1.54, 1.807) is 0 Å². The van der Waals surface area contributed by atoms with Gasteiger partial charge in [0.15, 0.2) is 17.5 Å². The molecule has 0 saturated heterocycles. The van der Waals surface area contributed by atoms with Crippen molar-refractivity contribution in [1.29, 1.82) is 0 Å². The van der Waals surface area contributed by atoms with Gasteiger partial charge in [-0.15, -0.1) is 22.7 Å². The number of aromatic nitrogens is 3. The van der Waals surface area contributed by atoms with Crippen LogP contribution in [-0.2, 0) is 10.8 Å². The summed E-state index contributed by atoms with van der Waals surface area (Å²) in [6.45, 7) is 0. The van der Waals surface area contributed by atoms with Crippen LogP contribution in [0.4, 0.5) is 0 Å². The van der Waals surface area contributed by atoms with E-state index < -0.39 is 10.8 Å². The van der Waals surface area contributed by atoms with Gasteiger partial charge in [0, 0.05) is 57.0 Å². The van der Waals surface area contributed by atoms with Crippen molar-refractivity contribution in [2.24, 2.45) is 0 Å². The maximum Gasteiger partial charge on any atom is 0.164 e. The molecule has 3 aromatic heterocycles. The second kappa shape index (κ2) is 28.2. The number of fused-ring (bicyclic) bond motifs is 12. The minimum atomic E-state index is -0.669. The van der Waals surface area contributed by atoms with Gasteiger partial charge in [-0.25, -0.2) is 15.0 Å². The summed E-state index contributed by atoms with van der Waals surface area (Å²) >= 11 is 3.70. The van der Waals surface area contributed by atoms with E-state index >= 15 is 0 Å². The first kappa shape index (κ1) is 69.0. The molecule has 0 fully saturated rings. The summed E-state index contributed by atoms with van der Waals surface area (Å²) < 4.78 is 4.99. The van der Waals surface area contributed by atoms with E-state index in [0.717, 1.165) is 72.1 Å². The van der Waals surface area contributed by atoms with Crippen molar-refractivity contribution in [1.82, 2.24) is 15.0 Å². The van der Waals surface area contributed by atoms with Gasteiger partial charge in [0.1, 0.15) is 0 Å². The van der Waals surface area contributed by atoms with Crippen molar-refractivity contribution in [3.8, 4) is 134 Å². The third kappa shape index (κ3) is 11.4. The second-order valence-electron chi connectivity index (χ2n) is 31.2. The van der Waals surface area contributed by atoms with Crippen LogP contribution in [0.5, 0.6) is 0 Å². The molecule has 2 aliphatic carbocycles. The van der Waals surface area contributed by atoms with E-state index in [0.29, 0.717) is 17.5 Å². The maximum atomic E-state index is 5.37. The Morgan fingerprint density at radius 2 is 0.407 bits per heavy atom. The van der Waals surface area contributed by atoms with Gasteiger partial charge in [0.25, 0.3) is 0 Å². The van der Waals surface area contributed by atoms with Gasteiger partial charge in [0.05, 0.1) is 10.8 Å². The monoisotopic (exact) mass is 1530 g/mol. The first-order valence-electron chi connectivity index (χ1n) is 40.4. The van der Waals surface area contributed by atoms with E-state index in [-0.39, 0.29) is 0 Å². The van der Waals surface area contributed by atoms with E-state index in [2.05, 4.69) is 431 Å². The zero-order chi connectivity index (χ0) is 77.8. The second-order valence-corrected chi connectivity index (χ2v) is 33.4. The Morgan fingerprint density at radius 3 is 0.831 bits per heavy atom. The Morgan fingerprint density at radius 1 is 0.153 bits per heavy atom. The topological polar surface area (TPSA) is 38.7 Å². The number of benzene rings is 18. The quantitative estimate of drug-likeness (QED) is 0.109. The highest BCUT2D eigenvalue weighted by Crippen LogP contribution is 2.60. The molecule has 3 nitrogen and oxygen atoms in total. The Labute approximate surface area is 693 Å². The van der Waals surface area contributed by atoms with Crippen LogP contribution < -0.4 is 0 Å². The summed E-state index contributed by atoms with van der Waals surface area (Å²) in [4.78, 5) is 16.0. The van der Waals surface area contributed by atoms with Gasteiger partial charge in [0.2, 0.25) is 0 Å². The van der Waals surface area contributed by atoms with Crippen LogP contribution in [0.3, 0.4) is 0 Å². The zero-order valence-corrected chi connectivity index (χ0v) is 65.8. The SMILES string of the molecule is c1ccc(-c2cc(-c3ccc(-c4ccc5c(c4)C(c4ccccc4)(c4ccc6sc7ccc(-c8nc(-c9cccc(-c%10ccccc%10)c9)nc(-c9cccc(-c%10ccccc%10)c9)n8)cc7c6c4)c4ccccc4-5)cc3)cc(-c3ccc(-c4ccc5sc6ccc(C7(c8ccccc8)c8ccccc8-c8ccccc87)cc6c5c4)cc3)c2)cc1. The Bertz CT molecular complexity index is 7370. The lowest BCUT2D eigenvalue weighted by atomic mass is 9.67. The van der Waals surface area contributed by atoms with Crippen LogP contribution in [-0.4, -0.2) is 15.0 Å². The van der Waals surface area contributed by atoms with Crippen molar-refractivity contribution in [3.05, 3.63) is 475 Å². The van der Waals surface area contributed by atoms with Crippen LogP contribution in [0.15, 0.2) is 431 Å². The first-order chi connectivity index (χ1) is 58.4. The molecule has 550 valence electrons. The van der Waals surface area contributed by atoms with Crippen molar-refractivity contribution in [2.75, 3.05) is 0 Å². The molecule has 1 atom stereocenters. The fourth-order valence-corrected chi connectivity index (χ4v) is 21.3. The lowest BCUT2D eigenvalue weighted by molar-refractivity contribution is 0.770. The van der Waals surface area contributed by atoms with Crippen molar-refractivity contribution in [3.63, 3.8) is 0 Å². The molecule has 0 radical (unpaired) electrons. The fraction of sp³-hybridized carbons (Fsp3) is 0.0177. The molecule has 3 heterocycles. The van der Waals surface area contributed by atoms with E-state index in [9.17, 15) is 0 Å². The number of nitrogens with zero attached hydrogens (tertiary/aromatic N) is 3. The molecule has 1 unspecified atom stereocenters. The van der Waals surface area contributed by atoms with Gasteiger partial charge in [-0.05, 0) is 236 Å². The molecule has 0 aliphatic heterocycles. The molecule has 0 bridgehead atoms. The minimum absolute atomic E-state index is 0.466. The summed E-state index contributed by atoms with van der Waals surface area (Å²) in [6, 6.07) is 159. The van der Waals surface area contributed by atoms with E-state index in [1.807, 2.05) is 22.7 Å². The molecular weight excluding hydrogens is 1460 g/mol. The van der Waals surface area contributed by atoms with Gasteiger partial charge >= 0.3 is 0 Å². The van der Waals surface area contributed by atoms with Crippen molar-refractivity contribution < 1.29 is 0 Å². The Kier molecular flexibility index (Phi) is 16.5. The molecule has 118 heavy (non-hydrogen) atoms. The number of thiophene rings is 2. The van der Waals surface area contributed by atoms with Crippen molar-refractivity contribution >= 4 is 63.0 Å². The lowest BCUT2D eigenvalue weighted by Gasteiger charge is -2.34. The van der Waals surface area contributed by atoms with Crippen molar-refractivity contribution in [2.45, 2.75) is 10.8 Å². The molecule has 23 rings (SSSR count). The third-order valence-electron chi connectivity index (χ3n) is 24.7. The molecule has 0 amide bonds. The van der Waals surface area contributed by atoms with Crippen LogP contribution >= 0.6 is 22.7 Å². The Balaban J connectivity index is 0.592. The van der Waals surface area contributed by atoms with Crippen LogP contribution in [0, 0.1) is 0 Å². The highest BCUT2D eigenvalue weighted by Gasteiger charge is 2.48. The number of hydrogen-bond donors (Lipinski definition) is 0. The van der Waals surface area contributed by atoms with E-state index in [1.165, 1.54) is 130 Å². The standard InChI is InChI=1S/C113H71N3S2/c1-6-24-72(25-7-1)79-30-22-32-83(62-79)109-114-110(84-33-23-31-80(63-84)73-26-8-2-9-27-73)116-111(115-109)85-54-59-106-98(68-85)100-71-92(56-61-108(100)118-106)113(90-36-14-5-15-37-90)103-43-21-18-40-95(103)96-57-52-82(69-104(96)113)76-46-50-78(51-47-76)88-65-86(74-28-10-3-11-29-74)64-87(66-88)77-48-44-75(45-49-77)81-53-58-105-97(67-81)99-70-91(55-60-107(99)117-105)112(89-34-12-4-13-35-89)101-41-19-16-38-93(101)94-39-17-20-42-102(94)112/h1-71H. The summed E-state index contributed by atoms with van der Waals surface area (Å²) in [5, 5.41) is 4.92. The van der Waals surface area contributed by atoms with Crippen LogP contribution in [0.1, 0.15) is 44.5 Å². The molecule has 21 aromatic rings. The molecule has 18 aromatic carbocycles. The molecule has 0 saturated carbocycles. The van der Waals surface area contributed by atoms with E-state index in [4.69, 9.17) is 15.0 Å². The maximum absolute atomic E-state index is 5.37. The van der Waals surface area contributed by atoms with Crippen LogP contribution in [0.25, 0.3) is 175 Å². The third-order valence-corrected chi connectivity index (χ3v) is 27.0. The lowest BCUT2D eigenvalue weighted by Crippen LogP contribution is -2.28.